The van der Waals surface area contributed by atoms with Gasteiger partial charge >= 0.3 is 6.03 Å². The molecular formula is C30H37N5O5S. The van der Waals surface area contributed by atoms with Gasteiger partial charge in [-0.2, -0.15) is 0 Å². The molecule has 11 heteroatoms. The zero-order chi connectivity index (χ0) is 29.0. The molecule has 0 aromatic heterocycles. The number of para-hydroxylation sites is 1. The maximum Gasteiger partial charge on any atom is 0.322 e. The van der Waals surface area contributed by atoms with Crippen LogP contribution in [0.15, 0.2) is 65.6 Å². The monoisotopic (exact) mass is 579 g/mol. The molecular weight excluding hydrogens is 542 g/mol. The maximum atomic E-state index is 13.3. The first-order chi connectivity index (χ1) is 19.8. The first-order valence-corrected chi connectivity index (χ1v) is 15.2. The van der Waals surface area contributed by atoms with Crippen molar-refractivity contribution < 1.29 is 22.7 Å². The number of hydrogen-bond acceptors (Lipinski definition) is 7. The number of nitrogens with zero attached hydrogens (tertiary/aromatic N) is 3. The van der Waals surface area contributed by atoms with E-state index in [-0.39, 0.29) is 17.5 Å². The zero-order valence-corrected chi connectivity index (χ0v) is 24.5. The lowest BCUT2D eigenvalue weighted by Gasteiger charge is -2.38. The summed E-state index contributed by atoms with van der Waals surface area (Å²) >= 11 is 0. The summed E-state index contributed by atoms with van der Waals surface area (Å²) in [4.78, 5) is 19.9. The number of ether oxygens (including phenoxy) is 2. The van der Waals surface area contributed by atoms with Crippen molar-refractivity contribution in [1.29, 1.82) is 0 Å². The highest BCUT2D eigenvalue weighted by Gasteiger charge is 2.28. The molecule has 1 saturated heterocycles. The van der Waals surface area contributed by atoms with Crippen LogP contribution in [-0.4, -0.2) is 78.2 Å². The summed E-state index contributed by atoms with van der Waals surface area (Å²) in [6.07, 6.45) is 0.697. The van der Waals surface area contributed by atoms with E-state index in [0.29, 0.717) is 30.9 Å². The second-order valence-corrected chi connectivity index (χ2v) is 12.1. The van der Waals surface area contributed by atoms with Gasteiger partial charge in [0.25, 0.3) is 0 Å². The third-order valence-corrected chi connectivity index (χ3v) is 9.17. The predicted molar refractivity (Wildman–Crippen MR) is 159 cm³/mol. The molecule has 2 N–H and O–H groups in total. The number of piperazine rings is 1. The predicted octanol–water partition coefficient (Wildman–Crippen LogP) is 3.52. The second-order valence-electron chi connectivity index (χ2n) is 10.3. The van der Waals surface area contributed by atoms with Crippen LogP contribution in [0.4, 0.5) is 16.2 Å². The van der Waals surface area contributed by atoms with Crippen molar-refractivity contribution >= 4 is 27.4 Å². The molecule has 0 radical (unpaired) electrons. The fourth-order valence-electron chi connectivity index (χ4n) is 5.36. The number of anilines is 2. The summed E-state index contributed by atoms with van der Waals surface area (Å²) in [6.45, 7) is 4.98. The van der Waals surface area contributed by atoms with Gasteiger partial charge in [0, 0.05) is 73.9 Å². The van der Waals surface area contributed by atoms with Crippen LogP contribution in [0.5, 0.6) is 11.5 Å². The number of likely N-dealkylation sites (N-methyl/N-ethyl adjacent to an activating group) is 1. The van der Waals surface area contributed by atoms with Crippen LogP contribution >= 0.6 is 0 Å². The smallest absolute Gasteiger partial charge is 0.322 e. The summed E-state index contributed by atoms with van der Waals surface area (Å²) in [5, 5.41) is 2.93. The number of fused-ring (bicyclic) bond motifs is 1. The van der Waals surface area contributed by atoms with Crippen molar-refractivity contribution in [1.82, 2.24) is 14.5 Å². The first kappa shape index (κ1) is 28.7. The lowest BCUT2D eigenvalue weighted by Crippen LogP contribution is -2.46. The Kier molecular flexibility index (Phi) is 8.67. The van der Waals surface area contributed by atoms with E-state index in [4.69, 9.17) is 9.47 Å². The molecule has 0 spiro atoms. The lowest BCUT2D eigenvalue weighted by atomic mass is 9.96. The average Bonchev–Trinajstić information content (AvgIpc) is 3.00. The highest BCUT2D eigenvalue weighted by molar-refractivity contribution is 7.89. The Morgan fingerprint density at radius 1 is 0.854 bits per heavy atom. The normalized spacial score (nSPS) is 15.8. The van der Waals surface area contributed by atoms with Crippen LogP contribution in [0.1, 0.15) is 16.7 Å². The Hall–Kier alpha value is -3.80. The third kappa shape index (κ3) is 6.42. The van der Waals surface area contributed by atoms with E-state index >= 15 is 0 Å². The molecule has 2 heterocycles. The van der Waals surface area contributed by atoms with Gasteiger partial charge in [-0.1, -0.05) is 18.2 Å². The Morgan fingerprint density at radius 3 is 2.27 bits per heavy atom. The van der Waals surface area contributed by atoms with E-state index in [1.165, 1.54) is 12.1 Å². The van der Waals surface area contributed by atoms with Crippen LogP contribution in [0, 0.1) is 0 Å². The third-order valence-electron chi connectivity index (χ3n) is 7.76. The highest BCUT2D eigenvalue weighted by Crippen LogP contribution is 2.36. The first-order valence-electron chi connectivity index (χ1n) is 13.7. The second kappa shape index (κ2) is 12.4. The number of rotatable bonds is 8. The summed E-state index contributed by atoms with van der Waals surface area (Å²) in [6, 6.07) is 17.3. The Morgan fingerprint density at radius 2 is 1.56 bits per heavy atom. The van der Waals surface area contributed by atoms with Gasteiger partial charge < -0.3 is 29.5 Å². The minimum Gasteiger partial charge on any atom is -0.496 e. The molecule has 5 rings (SSSR count). The van der Waals surface area contributed by atoms with Gasteiger partial charge in [0.1, 0.15) is 11.5 Å². The summed E-state index contributed by atoms with van der Waals surface area (Å²) in [5.41, 5.74) is 4.69. The summed E-state index contributed by atoms with van der Waals surface area (Å²) < 4.78 is 39.3. The molecule has 0 saturated carbocycles. The average molecular weight is 580 g/mol. The minimum atomic E-state index is -3.76. The van der Waals surface area contributed by atoms with Gasteiger partial charge in [-0.3, -0.25) is 0 Å². The Labute approximate surface area is 241 Å². The van der Waals surface area contributed by atoms with Crippen molar-refractivity contribution in [3.63, 3.8) is 0 Å². The van der Waals surface area contributed by atoms with Crippen LogP contribution in [0.25, 0.3) is 0 Å². The number of sulfonamides is 1. The number of benzene rings is 3. The SMILES string of the molecule is COc1ccccc1CNS(=O)(=O)c1ccc(NC(=O)N2CCc3c(OC)ccc(N4CCN(C)CC4)c3C2)cc1. The molecule has 3 aromatic carbocycles. The molecule has 0 bridgehead atoms. The van der Waals surface area contributed by atoms with Gasteiger partial charge in [0.15, 0.2) is 0 Å². The van der Waals surface area contributed by atoms with E-state index in [0.717, 1.165) is 54.3 Å². The van der Waals surface area contributed by atoms with E-state index in [1.807, 2.05) is 24.3 Å². The molecule has 0 unspecified atom stereocenters. The van der Waals surface area contributed by atoms with Crippen LogP contribution in [0.2, 0.25) is 0 Å². The van der Waals surface area contributed by atoms with Gasteiger partial charge in [0.05, 0.1) is 19.1 Å². The van der Waals surface area contributed by atoms with Gasteiger partial charge in [-0.05, 0) is 55.9 Å². The molecule has 0 aliphatic carbocycles. The van der Waals surface area contributed by atoms with E-state index in [2.05, 4.69) is 33.0 Å². The number of methoxy groups -OCH3 is 2. The molecule has 10 nitrogen and oxygen atoms in total. The topological polar surface area (TPSA) is 103 Å². The number of urea groups is 1. The molecule has 2 aliphatic heterocycles. The van der Waals surface area contributed by atoms with Crippen molar-refractivity contribution in [3.8, 4) is 11.5 Å². The largest absolute Gasteiger partial charge is 0.496 e. The lowest BCUT2D eigenvalue weighted by molar-refractivity contribution is 0.206. The molecule has 0 atom stereocenters. The number of hydrogen-bond donors (Lipinski definition) is 2. The number of amides is 2. The van der Waals surface area contributed by atoms with Crippen molar-refractivity contribution in [3.05, 3.63) is 77.4 Å². The maximum absolute atomic E-state index is 13.3. The standard InChI is InChI=1S/C30H37N5O5S/c1-33-16-18-34(19-17-33)27-12-13-29(40-3)25-14-15-35(21-26(25)27)30(36)32-23-8-10-24(11-9-23)41(37,38)31-20-22-6-4-5-7-28(22)39-2/h4-13,31H,14-21H2,1-3H3,(H,32,36). The van der Waals surface area contributed by atoms with E-state index in [1.54, 1.807) is 37.3 Å². The zero-order valence-electron chi connectivity index (χ0n) is 23.7. The minimum absolute atomic E-state index is 0.0994. The van der Waals surface area contributed by atoms with E-state index < -0.39 is 10.0 Å². The van der Waals surface area contributed by atoms with Crippen molar-refractivity contribution in [2.75, 3.05) is 64.2 Å². The molecule has 41 heavy (non-hydrogen) atoms. The van der Waals surface area contributed by atoms with Crippen LogP contribution in [0.3, 0.4) is 0 Å². The van der Waals surface area contributed by atoms with Gasteiger partial charge in [-0.15, -0.1) is 0 Å². The van der Waals surface area contributed by atoms with Crippen LogP contribution < -0.4 is 24.4 Å². The Bertz CT molecular complexity index is 1490. The van der Waals surface area contributed by atoms with Crippen LogP contribution in [-0.2, 0) is 29.5 Å². The van der Waals surface area contributed by atoms with E-state index in [9.17, 15) is 13.2 Å². The molecule has 2 amide bonds. The fraction of sp³-hybridized carbons (Fsp3) is 0.367. The summed E-state index contributed by atoms with van der Waals surface area (Å²) in [7, 11) is 1.61. The number of nitrogens with one attached hydrogen (secondary N) is 2. The quantitative estimate of drug-likeness (QED) is 0.421. The molecule has 218 valence electrons. The number of carbonyl (C=O) groups excluding carboxylic acids is 1. The fourth-order valence-corrected chi connectivity index (χ4v) is 6.37. The molecule has 3 aromatic rings. The molecule has 1 fully saturated rings. The van der Waals surface area contributed by atoms with Gasteiger partial charge in [0.2, 0.25) is 10.0 Å². The van der Waals surface area contributed by atoms with Crippen molar-refractivity contribution in [2.45, 2.75) is 24.4 Å². The summed E-state index contributed by atoms with van der Waals surface area (Å²) in [5.74, 6) is 1.47. The van der Waals surface area contributed by atoms with Gasteiger partial charge in [-0.25, -0.2) is 17.9 Å². The van der Waals surface area contributed by atoms with Crippen molar-refractivity contribution in [2.24, 2.45) is 0 Å². The highest BCUT2D eigenvalue weighted by atomic mass is 32.2. The molecule has 2 aliphatic rings. The Balaban J connectivity index is 1.25. The number of carbonyl (C=O) groups is 1.